The first-order valence-corrected chi connectivity index (χ1v) is 10.7. The van der Waals surface area contributed by atoms with Crippen molar-refractivity contribution < 1.29 is 19.1 Å². The van der Waals surface area contributed by atoms with Crippen LogP contribution in [0.4, 0.5) is 4.79 Å². The van der Waals surface area contributed by atoms with Crippen LogP contribution in [0.15, 0.2) is 0 Å². The first-order chi connectivity index (χ1) is 14.3. The van der Waals surface area contributed by atoms with Gasteiger partial charge in [-0.2, -0.15) is 0 Å². The Morgan fingerprint density at radius 2 is 1.27 bits per heavy atom. The Morgan fingerprint density at radius 3 is 1.80 bits per heavy atom. The SMILES string of the molecule is NCCCC[C@H](COC(N)=O)NC(=O)[C@H](CCCCN)NC(=O)[C@H](N)CCCCN. The van der Waals surface area contributed by atoms with Gasteiger partial charge in [0.1, 0.15) is 12.6 Å². The van der Waals surface area contributed by atoms with Crippen molar-refractivity contribution in [2.45, 2.75) is 75.9 Å². The van der Waals surface area contributed by atoms with E-state index in [0.29, 0.717) is 45.3 Å². The Kier molecular flexibility index (Phi) is 16.7. The Labute approximate surface area is 179 Å². The Hall–Kier alpha value is -1.95. The number of rotatable bonds is 18. The maximum absolute atomic E-state index is 12.8. The van der Waals surface area contributed by atoms with Crippen LogP contribution >= 0.6 is 0 Å². The highest BCUT2D eigenvalue weighted by atomic mass is 16.5. The molecule has 0 spiro atoms. The predicted octanol–water partition coefficient (Wildman–Crippen LogP) is -1.23. The highest BCUT2D eigenvalue weighted by Crippen LogP contribution is 2.07. The largest absolute Gasteiger partial charge is 0.448 e. The molecule has 0 fully saturated rings. The molecule has 3 amide bonds. The second kappa shape index (κ2) is 17.9. The van der Waals surface area contributed by atoms with Gasteiger partial charge in [-0.25, -0.2) is 4.79 Å². The lowest BCUT2D eigenvalue weighted by Gasteiger charge is -2.24. The number of primary amides is 1. The standard InChI is InChI=1S/C19H41N7O4/c20-10-4-1-7-14(13-30-19(24)29)25-18(28)16(9-3-6-12-22)26-17(27)15(23)8-2-5-11-21/h14-16H,1-13,20-23H2,(H2,24,29)(H,25,28)(H,26,27)/t14-,15-,16+/m1/s1. The topological polar surface area (TPSA) is 215 Å². The van der Waals surface area contributed by atoms with Crippen LogP contribution in [0, 0.1) is 0 Å². The summed E-state index contributed by atoms with van der Waals surface area (Å²) in [7, 11) is 0. The number of ether oxygens (including phenoxy) is 1. The van der Waals surface area contributed by atoms with E-state index < -0.39 is 24.2 Å². The highest BCUT2D eigenvalue weighted by Gasteiger charge is 2.25. The van der Waals surface area contributed by atoms with Gasteiger partial charge in [0.05, 0.1) is 12.1 Å². The molecule has 0 aromatic heterocycles. The summed E-state index contributed by atoms with van der Waals surface area (Å²) in [5.74, 6) is -0.742. The minimum absolute atomic E-state index is 0.0479. The Morgan fingerprint density at radius 1 is 0.733 bits per heavy atom. The Balaban J connectivity index is 4.95. The number of nitrogens with two attached hydrogens (primary N) is 5. The van der Waals surface area contributed by atoms with Gasteiger partial charge in [-0.15, -0.1) is 0 Å². The van der Waals surface area contributed by atoms with E-state index in [4.69, 9.17) is 33.4 Å². The monoisotopic (exact) mass is 431 g/mol. The summed E-state index contributed by atoms with van der Waals surface area (Å²) in [6.45, 7) is 1.51. The third kappa shape index (κ3) is 14.1. The zero-order valence-electron chi connectivity index (χ0n) is 17.9. The molecule has 0 aromatic rings. The minimum atomic E-state index is -0.913. The highest BCUT2D eigenvalue weighted by molar-refractivity contribution is 5.89. The fourth-order valence-electron chi connectivity index (χ4n) is 2.90. The summed E-state index contributed by atoms with van der Waals surface area (Å²) in [4.78, 5) is 36.2. The molecule has 176 valence electrons. The summed E-state index contributed by atoms with van der Waals surface area (Å²) in [5, 5.41) is 5.58. The summed E-state index contributed by atoms with van der Waals surface area (Å²) in [6.07, 6.45) is 5.03. The molecular weight excluding hydrogens is 390 g/mol. The molecule has 12 N–H and O–H groups in total. The van der Waals surface area contributed by atoms with Gasteiger partial charge in [0.25, 0.3) is 0 Å². The van der Waals surface area contributed by atoms with Crippen molar-refractivity contribution in [3.05, 3.63) is 0 Å². The van der Waals surface area contributed by atoms with Crippen LogP contribution in [0.25, 0.3) is 0 Å². The fourth-order valence-corrected chi connectivity index (χ4v) is 2.90. The van der Waals surface area contributed by atoms with E-state index in [0.717, 1.165) is 32.1 Å². The lowest BCUT2D eigenvalue weighted by Crippen LogP contribution is -2.54. The van der Waals surface area contributed by atoms with Gasteiger partial charge in [-0.1, -0.05) is 12.8 Å². The van der Waals surface area contributed by atoms with E-state index in [1.54, 1.807) is 0 Å². The molecule has 0 aromatic carbocycles. The van der Waals surface area contributed by atoms with E-state index in [-0.39, 0.29) is 18.4 Å². The van der Waals surface area contributed by atoms with E-state index in [9.17, 15) is 14.4 Å². The molecule has 0 rings (SSSR count). The number of amides is 3. The van der Waals surface area contributed by atoms with Crippen molar-refractivity contribution in [3.8, 4) is 0 Å². The quantitative estimate of drug-likeness (QED) is 0.130. The molecule has 30 heavy (non-hydrogen) atoms. The molecule has 0 aliphatic heterocycles. The van der Waals surface area contributed by atoms with Gasteiger partial charge in [-0.3, -0.25) is 9.59 Å². The third-order valence-electron chi connectivity index (χ3n) is 4.67. The first-order valence-electron chi connectivity index (χ1n) is 10.7. The van der Waals surface area contributed by atoms with Crippen LogP contribution in [-0.4, -0.2) is 62.3 Å². The van der Waals surface area contributed by atoms with Gasteiger partial charge < -0.3 is 44.0 Å². The van der Waals surface area contributed by atoms with Crippen LogP contribution in [0.2, 0.25) is 0 Å². The van der Waals surface area contributed by atoms with Crippen LogP contribution in [0.3, 0.4) is 0 Å². The van der Waals surface area contributed by atoms with Crippen molar-refractivity contribution in [3.63, 3.8) is 0 Å². The summed E-state index contributed by atoms with van der Waals surface area (Å²) in [5.41, 5.74) is 27.5. The zero-order chi connectivity index (χ0) is 22.8. The smallest absolute Gasteiger partial charge is 0.404 e. The molecule has 0 saturated carbocycles. The van der Waals surface area contributed by atoms with Crippen LogP contribution in [0.1, 0.15) is 57.8 Å². The zero-order valence-corrected chi connectivity index (χ0v) is 17.9. The fraction of sp³-hybridized carbons (Fsp3) is 0.842. The van der Waals surface area contributed by atoms with Crippen molar-refractivity contribution in [1.82, 2.24) is 10.6 Å². The van der Waals surface area contributed by atoms with E-state index in [1.807, 2.05) is 0 Å². The lowest BCUT2D eigenvalue weighted by atomic mass is 10.0. The van der Waals surface area contributed by atoms with Crippen molar-refractivity contribution in [2.24, 2.45) is 28.7 Å². The number of hydrogen-bond acceptors (Lipinski definition) is 8. The maximum atomic E-state index is 12.8. The van der Waals surface area contributed by atoms with E-state index >= 15 is 0 Å². The molecule has 0 bridgehead atoms. The second-order valence-corrected chi connectivity index (χ2v) is 7.36. The average molecular weight is 432 g/mol. The molecule has 11 heteroatoms. The summed E-state index contributed by atoms with van der Waals surface area (Å²) >= 11 is 0. The number of carbonyl (C=O) groups is 3. The van der Waals surface area contributed by atoms with Gasteiger partial charge >= 0.3 is 6.09 Å². The summed E-state index contributed by atoms with van der Waals surface area (Å²) < 4.78 is 4.85. The van der Waals surface area contributed by atoms with Crippen molar-refractivity contribution in [2.75, 3.05) is 26.2 Å². The molecule has 11 nitrogen and oxygen atoms in total. The van der Waals surface area contributed by atoms with Gasteiger partial charge in [0.15, 0.2) is 0 Å². The first kappa shape index (κ1) is 28.1. The van der Waals surface area contributed by atoms with Crippen LogP contribution in [0.5, 0.6) is 0 Å². The van der Waals surface area contributed by atoms with Gasteiger partial charge in [0, 0.05) is 0 Å². The number of unbranched alkanes of at least 4 members (excludes halogenated alkanes) is 3. The molecule has 0 unspecified atom stereocenters. The molecule has 0 aliphatic carbocycles. The van der Waals surface area contributed by atoms with Crippen molar-refractivity contribution in [1.29, 1.82) is 0 Å². The molecule has 3 atom stereocenters. The van der Waals surface area contributed by atoms with E-state index in [2.05, 4.69) is 10.6 Å². The minimum Gasteiger partial charge on any atom is -0.448 e. The number of carbonyl (C=O) groups excluding carboxylic acids is 3. The lowest BCUT2D eigenvalue weighted by molar-refractivity contribution is -0.130. The van der Waals surface area contributed by atoms with Crippen molar-refractivity contribution >= 4 is 17.9 Å². The van der Waals surface area contributed by atoms with Gasteiger partial charge in [0.2, 0.25) is 11.8 Å². The predicted molar refractivity (Wildman–Crippen MR) is 116 cm³/mol. The Bertz CT molecular complexity index is 494. The molecular formula is C19H41N7O4. The molecule has 0 radical (unpaired) electrons. The normalized spacial score (nSPS) is 13.9. The van der Waals surface area contributed by atoms with E-state index in [1.165, 1.54) is 0 Å². The average Bonchev–Trinajstić information content (AvgIpc) is 2.71. The molecule has 0 heterocycles. The number of hydrogen-bond donors (Lipinski definition) is 7. The third-order valence-corrected chi connectivity index (χ3v) is 4.67. The van der Waals surface area contributed by atoms with Crippen LogP contribution < -0.4 is 39.3 Å². The second-order valence-electron chi connectivity index (χ2n) is 7.36. The van der Waals surface area contributed by atoms with Crippen LogP contribution in [-0.2, 0) is 14.3 Å². The number of nitrogens with one attached hydrogen (secondary N) is 2. The maximum Gasteiger partial charge on any atom is 0.404 e. The molecule has 0 aliphatic rings. The van der Waals surface area contributed by atoms with Gasteiger partial charge in [-0.05, 0) is 64.6 Å². The summed E-state index contributed by atoms with van der Waals surface area (Å²) in [6, 6.07) is -1.89. The molecule has 0 saturated heterocycles.